The number of amides is 1. The van der Waals surface area contributed by atoms with Crippen LogP contribution < -0.4 is 0 Å². The van der Waals surface area contributed by atoms with Gasteiger partial charge in [0.1, 0.15) is 6.04 Å². The van der Waals surface area contributed by atoms with E-state index in [4.69, 9.17) is 4.52 Å². The molecule has 2 aromatic rings. The summed E-state index contributed by atoms with van der Waals surface area (Å²) in [6, 6.07) is 9.68. The fourth-order valence-electron chi connectivity index (χ4n) is 2.56. The lowest BCUT2D eigenvalue weighted by Crippen LogP contribution is -2.29. The zero-order valence-corrected chi connectivity index (χ0v) is 11.9. The number of aryl methyl sites for hydroxylation is 1. The number of rotatable bonds is 3. The van der Waals surface area contributed by atoms with E-state index < -0.39 is 0 Å². The van der Waals surface area contributed by atoms with Crippen LogP contribution in [0.15, 0.2) is 40.9 Å². The van der Waals surface area contributed by atoms with Gasteiger partial charge in [-0.1, -0.05) is 35.5 Å². The van der Waals surface area contributed by atoms with E-state index in [1.54, 1.807) is 17.9 Å². The fraction of sp³-hybridized carbons (Fsp3) is 0.312. The number of hydrogen-bond acceptors (Lipinski definition) is 4. The summed E-state index contributed by atoms with van der Waals surface area (Å²) in [5.74, 6) is 1.12. The molecule has 0 aliphatic carbocycles. The zero-order chi connectivity index (χ0) is 14.7. The van der Waals surface area contributed by atoms with Crippen molar-refractivity contribution in [2.45, 2.75) is 25.8 Å². The molecule has 0 bridgehead atoms. The van der Waals surface area contributed by atoms with Crippen molar-refractivity contribution in [3.8, 4) is 0 Å². The number of carbonyl (C=O) groups is 1. The van der Waals surface area contributed by atoms with Gasteiger partial charge in [0.2, 0.25) is 11.8 Å². The van der Waals surface area contributed by atoms with Crippen LogP contribution in [0.1, 0.15) is 36.2 Å². The summed E-state index contributed by atoms with van der Waals surface area (Å²) in [6.07, 6.45) is 5.26. The highest BCUT2D eigenvalue weighted by atomic mass is 16.5. The van der Waals surface area contributed by atoms with Gasteiger partial charge in [0.25, 0.3) is 0 Å². The van der Waals surface area contributed by atoms with E-state index in [0.29, 0.717) is 11.7 Å². The summed E-state index contributed by atoms with van der Waals surface area (Å²) in [6.45, 7) is 2.51. The van der Waals surface area contributed by atoms with Crippen LogP contribution in [0.4, 0.5) is 0 Å². The van der Waals surface area contributed by atoms with E-state index >= 15 is 0 Å². The summed E-state index contributed by atoms with van der Waals surface area (Å²) in [5.41, 5.74) is 1.01. The van der Waals surface area contributed by atoms with Crippen LogP contribution in [0.3, 0.4) is 0 Å². The van der Waals surface area contributed by atoms with Gasteiger partial charge < -0.3 is 9.42 Å². The monoisotopic (exact) mass is 283 g/mol. The highest BCUT2D eigenvalue weighted by Gasteiger charge is 2.32. The maximum absolute atomic E-state index is 12.4. The first-order chi connectivity index (χ1) is 10.2. The molecule has 1 aliphatic rings. The molecule has 1 amide bonds. The Kier molecular flexibility index (Phi) is 3.81. The molecule has 3 rings (SSSR count). The first-order valence-corrected chi connectivity index (χ1v) is 7.08. The third kappa shape index (κ3) is 3.02. The number of hydrogen-bond donors (Lipinski definition) is 0. The van der Waals surface area contributed by atoms with Gasteiger partial charge in [0.05, 0.1) is 0 Å². The molecule has 0 spiro atoms. The van der Waals surface area contributed by atoms with Crippen LogP contribution in [-0.2, 0) is 4.79 Å². The topological polar surface area (TPSA) is 59.2 Å². The largest absolute Gasteiger partial charge is 0.337 e. The Bertz CT molecular complexity index is 649. The minimum atomic E-state index is -0.0980. The van der Waals surface area contributed by atoms with E-state index in [-0.39, 0.29) is 11.9 Å². The van der Waals surface area contributed by atoms with E-state index in [9.17, 15) is 4.79 Å². The fourth-order valence-corrected chi connectivity index (χ4v) is 2.56. The van der Waals surface area contributed by atoms with E-state index in [1.165, 1.54) is 0 Å². The van der Waals surface area contributed by atoms with Gasteiger partial charge in [-0.2, -0.15) is 4.98 Å². The predicted octanol–water partition coefficient (Wildman–Crippen LogP) is 2.75. The van der Waals surface area contributed by atoms with Gasteiger partial charge in [0.15, 0.2) is 5.82 Å². The lowest BCUT2D eigenvalue weighted by Gasteiger charge is -2.20. The summed E-state index contributed by atoms with van der Waals surface area (Å²) < 4.78 is 5.21. The summed E-state index contributed by atoms with van der Waals surface area (Å²) in [5, 5.41) is 3.81. The molecule has 5 heteroatoms. The molecule has 1 aromatic heterocycles. The third-order valence-electron chi connectivity index (χ3n) is 3.58. The van der Waals surface area contributed by atoms with Crippen molar-refractivity contribution in [3.05, 3.63) is 53.7 Å². The van der Waals surface area contributed by atoms with E-state index in [1.807, 2.05) is 36.4 Å². The Morgan fingerprint density at radius 1 is 1.38 bits per heavy atom. The molecule has 5 nitrogen and oxygen atoms in total. The summed E-state index contributed by atoms with van der Waals surface area (Å²) in [7, 11) is 0. The Labute approximate surface area is 123 Å². The first-order valence-electron chi connectivity index (χ1n) is 7.08. The molecule has 1 aliphatic heterocycles. The average Bonchev–Trinajstić information content (AvgIpc) is 3.14. The molecule has 1 atom stereocenters. The normalized spacial score (nSPS) is 18.5. The Morgan fingerprint density at radius 2 is 2.19 bits per heavy atom. The maximum atomic E-state index is 12.4. The average molecular weight is 283 g/mol. The van der Waals surface area contributed by atoms with E-state index in [0.717, 1.165) is 24.9 Å². The van der Waals surface area contributed by atoms with Crippen LogP contribution in [-0.4, -0.2) is 27.5 Å². The molecule has 108 valence electrons. The van der Waals surface area contributed by atoms with Crippen molar-refractivity contribution in [1.29, 1.82) is 0 Å². The number of benzene rings is 1. The molecule has 21 heavy (non-hydrogen) atoms. The van der Waals surface area contributed by atoms with E-state index in [2.05, 4.69) is 10.1 Å². The minimum absolute atomic E-state index is 0.0165. The Morgan fingerprint density at radius 3 is 2.90 bits per heavy atom. The molecule has 0 N–H and O–H groups in total. The standard InChI is InChI=1S/C16H17N3O2/c1-12-17-16(21-18-12)14-8-5-11-19(14)15(20)10-9-13-6-3-2-4-7-13/h2-4,6-7,9-10,14H,5,8,11H2,1H3/t14-/m0/s1. The van der Waals surface area contributed by atoms with Gasteiger partial charge >= 0.3 is 0 Å². The second-order valence-electron chi connectivity index (χ2n) is 5.11. The van der Waals surface area contributed by atoms with Crippen molar-refractivity contribution < 1.29 is 9.32 Å². The second kappa shape index (κ2) is 5.91. The Hall–Kier alpha value is -2.43. The highest BCUT2D eigenvalue weighted by Crippen LogP contribution is 2.31. The maximum Gasteiger partial charge on any atom is 0.249 e. The van der Waals surface area contributed by atoms with Gasteiger partial charge in [-0.25, -0.2) is 0 Å². The molecule has 1 saturated heterocycles. The molecule has 0 radical (unpaired) electrons. The van der Waals surface area contributed by atoms with Crippen LogP contribution in [0.5, 0.6) is 0 Å². The summed E-state index contributed by atoms with van der Waals surface area (Å²) >= 11 is 0. The lowest BCUT2D eigenvalue weighted by molar-refractivity contribution is -0.127. The minimum Gasteiger partial charge on any atom is -0.337 e. The van der Waals surface area contributed by atoms with Crippen molar-refractivity contribution in [1.82, 2.24) is 15.0 Å². The van der Waals surface area contributed by atoms with Gasteiger partial charge in [-0.05, 0) is 31.4 Å². The number of nitrogens with zero attached hydrogens (tertiary/aromatic N) is 3. The van der Waals surface area contributed by atoms with Gasteiger partial charge in [-0.15, -0.1) is 0 Å². The summed E-state index contributed by atoms with van der Waals surface area (Å²) in [4.78, 5) is 18.4. The van der Waals surface area contributed by atoms with Crippen LogP contribution in [0.25, 0.3) is 6.08 Å². The molecular weight excluding hydrogens is 266 g/mol. The van der Waals surface area contributed by atoms with Gasteiger partial charge in [-0.3, -0.25) is 4.79 Å². The van der Waals surface area contributed by atoms with Crippen molar-refractivity contribution >= 4 is 12.0 Å². The van der Waals surface area contributed by atoms with Crippen molar-refractivity contribution in [2.24, 2.45) is 0 Å². The quantitative estimate of drug-likeness (QED) is 0.813. The smallest absolute Gasteiger partial charge is 0.249 e. The molecule has 2 heterocycles. The molecule has 1 aromatic carbocycles. The van der Waals surface area contributed by atoms with Crippen LogP contribution in [0.2, 0.25) is 0 Å². The van der Waals surface area contributed by atoms with Crippen molar-refractivity contribution in [2.75, 3.05) is 6.54 Å². The highest BCUT2D eigenvalue weighted by molar-refractivity contribution is 5.92. The second-order valence-corrected chi connectivity index (χ2v) is 5.11. The Balaban J connectivity index is 1.73. The van der Waals surface area contributed by atoms with Crippen LogP contribution >= 0.6 is 0 Å². The van der Waals surface area contributed by atoms with Crippen LogP contribution in [0, 0.1) is 6.92 Å². The molecule has 1 fully saturated rings. The number of likely N-dealkylation sites (tertiary alicyclic amines) is 1. The predicted molar refractivity (Wildman–Crippen MR) is 78.2 cm³/mol. The SMILES string of the molecule is Cc1noc([C@@H]2CCCN2C(=O)C=Cc2ccccc2)n1. The molecule has 0 unspecified atom stereocenters. The molecule has 0 saturated carbocycles. The zero-order valence-electron chi connectivity index (χ0n) is 11.9. The lowest BCUT2D eigenvalue weighted by atomic mass is 10.2. The van der Waals surface area contributed by atoms with Gasteiger partial charge in [0, 0.05) is 12.6 Å². The number of carbonyl (C=O) groups excluding carboxylic acids is 1. The first kappa shape index (κ1) is 13.5. The molecular formula is C16H17N3O2. The third-order valence-corrected chi connectivity index (χ3v) is 3.58. The van der Waals surface area contributed by atoms with Crippen molar-refractivity contribution in [3.63, 3.8) is 0 Å². The number of aromatic nitrogens is 2.